The fourth-order valence-corrected chi connectivity index (χ4v) is 4.92. The summed E-state index contributed by atoms with van der Waals surface area (Å²) in [5.74, 6) is 2.48. The Hall–Kier alpha value is -0.610. The van der Waals surface area contributed by atoms with Crippen molar-refractivity contribution < 1.29 is 4.79 Å². The van der Waals surface area contributed by atoms with Crippen LogP contribution in [-0.4, -0.2) is 49.1 Å². The topological polar surface area (TPSA) is 44.4 Å². The van der Waals surface area contributed by atoms with Gasteiger partial charge in [-0.1, -0.05) is 20.3 Å². The van der Waals surface area contributed by atoms with Gasteiger partial charge in [0.05, 0.1) is 6.04 Å². The van der Waals surface area contributed by atoms with Gasteiger partial charge in [-0.05, 0) is 62.9 Å². The van der Waals surface area contributed by atoms with E-state index < -0.39 is 0 Å². The molecule has 0 spiro atoms. The molecule has 126 valence electrons. The van der Waals surface area contributed by atoms with Crippen LogP contribution in [0.5, 0.6) is 0 Å². The van der Waals surface area contributed by atoms with Gasteiger partial charge in [-0.25, -0.2) is 0 Å². The Morgan fingerprint density at radius 2 is 1.91 bits per heavy atom. The van der Waals surface area contributed by atoms with Crippen molar-refractivity contribution in [1.82, 2.24) is 15.5 Å². The van der Waals surface area contributed by atoms with Crippen molar-refractivity contribution in [2.45, 2.75) is 64.5 Å². The van der Waals surface area contributed by atoms with Crippen LogP contribution < -0.4 is 10.6 Å². The molecule has 2 heterocycles. The third-order valence-electron chi connectivity index (χ3n) is 6.09. The maximum absolute atomic E-state index is 12.4. The molecular formula is C18H33N3O. The van der Waals surface area contributed by atoms with Gasteiger partial charge in [0.25, 0.3) is 0 Å². The van der Waals surface area contributed by atoms with E-state index in [4.69, 9.17) is 0 Å². The molecule has 1 amide bonds. The summed E-state index contributed by atoms with van der Waals surface area (Å²) in [5.41, 5.74) is 0. The number of nitrogens with one attached hydrogen (secondary N) is 2. The van der Waals surface area contributed by atoms with Gasteiger partial charge in [0, 0.05) is 19.1 Å². The predicted octanol–water partition coefficient (Wildman–Crippen LogP) is 2.00. The molecule has 5 unspecified atom stereocenters. The Morgan fingerprint density at radius 3 is 2.68 bits per heavy atom. The predicted molar refractivity (Wildman–Crippen MR) is 89.7 cm³/mol. The number of hydrogen-bond acceptors (Lipinski definition) is 3. The monoisotopic (exact) mass is 307 g/mol. The number of carbonyl (C=O) groups excluding carboxylic acids is 1. The van der Waals surface area contributed by atoms with E-state index in [1.165, 1.54) is 45.2 Å². The first-order chi connectivity index (χ1) is 10.6. The van der Waals surface area contributed by atoms with E-state index in [9.17, 15) is 4.79 Å². The van der Waals surface area contributed by atoms with Gasteiger partial charge in [-0.3, -0.25) is 4.79 Å². The van der Waals surface area contributed by atoms with Crippen molar-refractivity contribution in [3.63, 3.8) is 0 Å². The molecule has 0 aromatic heterocycles. The number of rotatable bonds is 4. The summed E-state index contributed by atoms with van der Waals surface area (Å²) < 4.78 is 0. The molecule has 2 saturated heterocycles. The molecule has 3 fully saturated rings. The van der Waals surface area contributed by atoms with E-state index >= 15 is 0 Å². The Kier molecular flexibility index (Phi) is 5.40. The quantitative estimate of drug-likeness (QED) is 0.835. The first-order valence-electron chi connectivity index (χ1n) is 9.39. The molecule has 22 heavy (non-hydrogen) atoms. The van der Waals surface area contributed by atoms with E-state index in [1.807, 2.05) is 0 Å². The molecule has 5 atom stereocenters. The largest absolute Gasteiger partial charge is 0.353 e. The summed E-state index contributed by atoms with van der Waals surface area (Å²) in [6.45, 7) is 8.94. The molecule has 4 heteroatoms. The summed E-state index contributed by atoms with van der Waals surface area (Å²) in [7, 11) is 0. The molecule has 1 aliphatic carbocycles. The fraction of sp³-hybridized carbons (Fsp3) is 0.944. The number of carbonyl (C=O) groups is 1. The number of fused-ring (bicyclic) bond motifs is 1. The number of nitrogens with zero attached hydrogens (tertiary/aromatic N) is 1. The summed E-state index contributed by atoms with van der Waals surface area (Å²) in [4.78, 5) is 14.9. The van der Waals surface area contributed by atoms with Gasteiger partial charge >= 0.3 is 0 Å². The van der Waals surface area contributed by atoms with Crippen LogP contribution in [0.1, 0.15) is 52.4 Å². The summed E-state index contributed by atoms with van der Waals surface area (Å²) in [6.07, 6.45) is 7.61. The highest BCUT2D eigenvalue weighted by atomic mass is 16.2. The number of likely N-dealkylation sites (tertiary alicyclic amines) is 1. The van der Waals surface area contributed by atoms with E-state index in [0.29, 0.717) is 12.0 Å². The normalized spacial score (nSPS) is 39.5. The zero-order chi connectivity index (χ0) is 15.5. The van der Waals surface area contributed by atoms with E-state index in [1.54, 1.807) is 0 Å². The van der Waals surface area contributed by atoms with Crippen molar-refractivity contribution in [3.8, 4) is 0 Å². The summed E-state index contributed by atoms with van der Waals surface area (Å²) >= 11 is 0. The second-order valence-electron chi connectivity index (χ2n) is 7.97. The lowest BCUT2D eigenvalue weighted by Gasteiger charge is -2.34. The van der Waals surface area contributed by atoms with Crippen molar-refractivity contribution in [2.24, 2.45) is 17.8 Å². The lowest BCUT2D eigenvalue weighted by atomic mass is 9.73. The Balaban J connectivity index is 1.41. The molecule has 3 rings (SSSR count). The molecule has 4 nitrogen and oxygen atoms in total. The summed E-state index contributed by atoms with van der Waals surface area (Å²) in [6, 6.07) is 0.612. The Labute approximate surface area is 135 Å². The van der Waals surface area contributed by atoms with Crippen LogP contribution in [0.2, 0.25) is 0 Å². The zero-order valence-electron chi connectivity index (χ0n) is 14.3. The molecule has 0 aromatic carbocycles. The van der Waals surface area contributed by atoms with Crippen LogP contribution in [0.15, 0.2) is 0 Å². The second-order valence-corrected chi connectivity index (χ2v) is 7.97. The van der Waals surface area contributed by atoms with Crippen LogP contribution in [-0.2, 0) is 4.79 Å². The third kappa shape index (κ3) is 3.83. The van der Waals surface area contributed by atoms with Crippen LogP contribution in [0.25, 0.3) is 0 Å². The molecule has 0 aromatic rings. The lowest BCUT2D eigenvalue weighted by molar-refractivity contribution is -0.122. The van der Waals surface area contributed by atoms with Crippen molar-refractivity contribution in [2.75, 3.05) is 26.2 Å². The molecule has 2 N–H and O–H groups in total. The SMILES string of the molecule is CC1CC(C)C2CC(C(=O)NCCN3CCCCC3)NC2C1. The van der Waals surface area contributed by atoms with Gasteiger partial charge in [0.2, 0.25) is 5.91 Å². The van der Waals surface area contributed by atoms with Crippen LogP contribution in [0, 0.1) is 17.8 Å². The molecule has 0 bridgehead atoms. The first-order valence-corrected chi connectivity index (χ1v) is 9.39. The maximum Gasteiger partial charge on any atom is 0.237 e. The second kappa shape index (κ2) is 7.31. The third-order valence-corrected chi connectivity index (χ3v) is 6.09. The van der Waals surface area contributed by atoms with Gasteiger partial charge in [0.1, 0.15) is 0 Å². The number of piperidine rings is 1. The highest BCUT2D eigenvalue weighted by Crippen LogP contribution is 2.39. The van der Waals surface area contributed by atoms with Gasteiger partial charge < -0.3 is 15.5 Å². The van der Waals surface area contributed by atoms with Crippen LogP contribution in [0.3, 0.4) is 0 Å². The smallest absolute Gasteiger partial charge is 0.237 e. The van der Waals surface area contributed by atoms with Crippen LogP contribution >= 0.6 is 0 Å². The molecule has 3 aliphatic rings. The highest BCUT2D eigenvalue weighted by molar-refractivity contribution is 5.82. The number of hydrogen-bond donors (Lipinski definition) is 2. The minimum absolute atomic E-state index is 0.0455. The molecule has 2 aliphatic heterocycles. The zero-order valence-corrected chi connectivity index (χ0v) is 14.3. The Morgan fingerprint density at radius 1 is 1.14 bits per heavy atom. The van der Waals surface area contributed by atoms with Crippen LogP contribution in [0.4, 0.5) is 0 Å². The van der Waals surface area contributed by atoms with E-state index in [2.05, 4.69) is 29.4 Å². The molecule has 0 radical (unpaired) electrons. The first kappa shape index (κ1) is 16.3. The Bertz CT molecular complexity index is 381. The fourth-order valence-electron chi connectivity index (χ4n) is 4.92. The average Bonchev–Trinajstić information content (AvgIpc) is 2.92. The van der Waals surface area contributed by atoms with E-state index in [-0.39, 0.29) is 11.9 Å². The van der Waals surface area contributed by atoms with Gasteiger partial charge in [0.15, 0.2) is 0 Å². The minimum atomic E-state index is 0.0455. The lowest BCUT2D eigenvalue weighted by Crippen LogP contribution is -2.46. The molecule has 1 saturated carbocycles. The van der Waals surface area contributed by atoms with Crippen molar-refractivity contribution in [1.29, 1.82) is 0 Å². The molecular weight excluding hydrogens is 274 g/mol. The van der Waals surface area contributed by atoms with E-state index in [0.717, 1.165) is 31.3 Å². The van der Waals surface area contributed by atoms with Crippen molar-refractivity contribution >= 4 is 5.91 Å². The number of amides is 1. The highest BCUT2D eigenvalue weighted by Gasteiger charge is 2.43. The minimum Gasteiger partial charge on any atom is -0.353 e. The van der Waals surface area contributed by atoms with Gasteiger partial charge in [-0.2, -0.15) is 0 Å². The van der Waals surface area contributed by atoms with Gasteiger partial charge in [-0.15, -0.1) is 0 Å². The average molecular weight is 307 g/mol. The standard InChI is InChI=1S/C18H33N3O/c1-13-10-14(2)15-12-17(20-16(15)11-13)18(22)19-6-9-21-7-4-3-5-8-21/h13-17,20H,3-12H2,1-2H3,(H,19,22). The summed E-state index contributed by atoms with van der Waals surface area (Å²) in [5, 5.41) is 6.78. The maximum atomic E-state index is 12.4. The van der Waals surface area contributed by atoms with Crippen molar-refractivity contribution in [3.05, 3.63) is 0 Å².